The van der Waals surface area contributed by atoms with Gasteiger partial charge in [-0.1, -0.05) is 0 Å². The van der Waals surface area contributed by atoms with Crippen molar-refractivity contribution in [3.05, 3.63) is 65.4 Å². The lowest BCUT2D eigenvalue weighted by Crippen LogP contribution is -2.12. The maximum atomic E-state index is 14.2. The van der Waals surface area contributed by atoms with Crippen molar-refractivity contribution < 1.29 is 9.13 Å². The number of benzene rings is 1. The number of anilines is 1. The van der Waals surface area contributed by atoms with Crippen molar-refractivity contribution >= 4 is 5.82 Å². The minimum absolute atomic E-state index is 0.288. The Morgan fingerprint density at radius 3 is 2.87 bits per heavy atom. The molecule has 1 aromatic carbocycles. The molecule has 1 aliphatic heterocycles. The first-order chi connectivity index (χ1) is 14.9. The van der Waals surface area contributed by atoms with Crippen molar-refractivity contribution in [3.63, 3.8) is 0 Å². The molecule has 4 heterocycles. The second kappa shape index (κ2) is 7.23. The number of halogens is 1. The van der Waals surface area contributed by atoms with E-state index in [1.165, 1.54) is 12.1 Å². The fourth-order valence-electron chi connectivity index (χ4n) is 4.19. The Balaban J connectivity index is 1.81. The molecule has 7 nitrogen and oxygen atoms in total. The molecule has 3 aromatic heterocycles. The Kier molecular flexibility index (Phi) is 4.50. The van der Waals surface area contributed by atoms with Crippen LogP contribution in [-0.4, -0.2) is 24.5 Å². The van der Waals surface area contributed by atoms with E-state index in [4.69, 9.17) is 15.6 Å². The van der Waals surface area contributed by atoms with Crippen LogP contribution in [0, 0.1) is 12.7 Å². The minimum Gasteiger partial charge on any atom is -0.482 e. The summed E-state index contributed by atoms with van der Waals surface area (Å²) in [5, 5.41) is 9.27. The normalized spacial score (nSPS) is 15.2. The molecule has 0 unspecified atom stereocenters. The molecule has 4 aromatic rings. The highest BCUT2D eigenvalue weighted by molar-refractivity contribution is 5.69. The number of nitrogens with zero attached hydrogens (tertiary/aromatic N) is 5. The summed E-state index contributed by atoms with van der Waals surface area (Å²) in [6.07, 6.45) is 3.13. The molecule has 2 N–H and O–H groups in total. The zero-order chi connectivity index (χ0) is 21.7. The molecule has 0 fully saturated rings. The Hall–Kier alpha value is -3.68. The fourth-order valence-corrected chi connectivity index (χ4v) is 4.19. The maximum Gasteiger partial charge on any atom is 0.166 e. The van der Waals surface area contributed by atoms with Crippen LogP contribution in [0.4, 0.5) is 10.2 Å². The number of hydrogen-bond donors (Lipinski definition) is 1. The van der Waals surface area contributed by atoms with Crippen LogP contribution >= 0.6 is 0 Å². The predicted molar refractivity (Wildman–Crippen MR) is 116 cm³/mol. The van der Waals surface area contributed by atoms with E-state index in [0.717, 1.165) is 39.3 Å². The number of ether oxygens (including phenoxy) is 1. The van der Waals surface area contributed by atoms with E-state index < -0.39 is 6.10 Å². The molecule has 0 spiro atoms. The van der Waals surface area contributed by atoms with Gasteiger partial charge in [-0.3, -0.25) is 9.36 Å². The molecule has 0 saturated carbocycles. The topological polar surface area (TPSA) is 83.8 Å². The van der Waals surface area contributed by atoms with Crippen molar-refractivity contribution in [2.45, 2.75) is 40.0 Å². The van der Waals surface area contributed by atoms with Gasteiger partial charge < -0.3 is 10.5 Å². The number of pyridine rings is 1. The van der Waals surface area contributed by atoms with Gasteiger partial charge in [-0.05, 0) is 51.1 Å². The molecule has 0 aliphatic carbocycles. The van der Waals surface area contributed by atoms with E-state index in [1.807, 2.05) is 48.5 Å². The van der Waals surface area contributed by atoms with Crippen LogP contribution < -0.4 is 10.5 Å². The first kappa shape index (κ1) is 19.3. The quantitative estimate of drug-likeness (QED) is 0.497. The number of aromatic nitrogens is 5. The average Bonchev–Trinajstić information content (AvgIpc) is 3.32. The summed E-state index contributed by atoms with van der Waals surface area (Å²) in [5.74, 6) is 0.423. The Bertz CT molecular complexity index is 1290. The molecule has 1 aliphatic rings. The van der Waals surface area contributed by atoms with Gasteiger partial charge >= 0.3 is 0 Å². The molecule has 0 saturated heterocycles. The molecule has 0 radical (unpaired) electrons. The maximum absolute atomic E-state index is 14.2. The Labute approximate surface area is 179 Å². The molecular weight excluding hydrogens is 395 g/mol. The van der Waals surface area contributed by atoms with Gasteiger partial charge in [-0.2, -0.15) is 10.2 Å². The summed E-state index contributed by atoms with van der Waals surface area (Å²) in [5.41, 5.74) is 12.3. The summed E-state index contributed by atoms with van der Waals surface area (Å²) < 4.78 is 24.3. The summed E-state index contributed by atoms with van der Waals surface area (Å²) in [6.45, 7) is 7.10. The van der Waals surface area contributed by atoms with Crippen LogP contribution in [0.1, 0.15) is 36.8 Å². The van der Waals surface area contributed by atoms with Crippen LogP contribution in [0.3, 0.4) is 0 Å². The van der Waals surface area contributed by atoms with Gasteiger partial charge in [0, 0.05) is 35.0 Å². The van der Waals surface area contributed by atoms with Crippen molar-refractivity contribution in [3.8, 4) is 28.3 Å². The fraction of sp³-hybridized carbons (Fsp3) is 0.261. The first-order valence-corrected chi connectivity index (χ1v) is 10.3. The SMILES string of the molecule is CCn1ncc2c1-c1cnc(N)c(c1)O[C@H](C)c1cc(F)ccc1-c1cc(C)nn1C2. The largest absolute Gasteiger partial charge is 0.482 e. The first-order valence-electron chi connectivity index (χ1n) is 10.3. The standard InChI is InChI=1S/C23H23FN6O/c1-4-29-22-15-8-21(23(25)26-10-15)31-14(3)19-9-17(24)5-6-18(19)20-7-13(2)28-30(20)12-16(22)11-27-29/h5-11,14H,4,12H2,1-3H3,(H2,25,26)/t14-/m1/s1. The summed E-state index contributed by atoms with van der Waals surface area (Å²) in [7, 11) is 0. The second-order valence-corrected chi connectivity index (χ2v) is 7.76. The van der Waals surface area contributed by atoms with Crippen LogP contribution in [0.25, 0.3) is 22.5 Å². The number of nitrogens with two attached hydrogens (primary N) is 1. The Morgan fingerprint density at radius 2 is 2.06 bits per heavy atom. The Morgan fingerprint density at radius 1 is 1.23 bits per heavy atom. The molecule has 2 bridgehead atoms. The second-order valence-electron chi connectivity index (χ2n) is 7.76. The van der Waals surface area contributed by atoms with Crippen LogP contribution in [0.5, 0.6) is 5.75 Å². The highest BCUT2D eigenvalue weighted by atomic mass is 19.1. The van der Waals surface area contributed by atoms with Crippen LogP contribution in [0.15, 0.2) is 42.7 Å². The van der Waals surface area contributed by atoms with E-state index in [2.05, 4.69) is 10.1 Å². The van der Waals surface area contributed by atoms with Crippen LogP contribution in [0.2, 0.25) is 0 Å². The lowest BCUT2D eigenvalue weighted by Gasteiger charge is -2.21. The number of aryl methyl sites for hydroxylation is 2. The van der Waals surface area contributed by atoms with E-state index in [-0.39, 0.29) is 11.6 Å². The molecule has 31 heavy (non-hydrogen) atoms. The van der Waals surface area contributed by atoms with E-state index >= 15 is 0 Å². The zero-order valence-electron chi connectivity index (χ0n) is 17.6. The minimum atomic E-state index is -0.455. The molecule has 0 amide bonds. The van der Waals surface area contributed by atoms with E-state index in [9.17, 15) is 4.39 Å². The van der Waals surface area contributed by atoms with Gasteiger partial charge in [0.2, 0.25) is 0 Å². The van der Waals surface area contributed by atoms with Gasteiger partial charge in [-0.25, -0.2) is 9.37 Å². The number of nitrogen functional groups attached to an aromatic ring is 1. The number of rotatable bonds is 1. The van der Waals surface area contributed by atoms with Crippen molar-refractivity contribution in [2.75, 3.05) is 5.73 Å². The lowest BCUT2D eigenvalue weighted by atomic mass is 9.99. The molecule has 8 heteroatoms. The molecule has 5 rings (SSSR count). The lowest BCUT2D eigenvalue weighted by molar-refractivity contribution is 0.227. The van der Waals surface area contributed by atoms with Crippen molar-refractivity contribution in [1.82, 2.24) is 24.5 Å². The third-order valence-corrected chi connectivity index (χ3v) is 5.62. The zero-order valence-corrected chi connectivity index (χ0v) is 17.6. The summed E-state index contributed by atoms with van der Waals surface area (Å²) >= 11 is 0. The van der Waals surface area contributed by atoms with Gasteiger partial charge in [0.1, 0.15) is 11.9 Å². The molecule has 1 atom stereocenters. The molecule has 158 valence electrons. The number of hydrogen-bond acceptors (Lipinski definition) is 5. The third-order valence-electron chi connectivity index (χ3n) is 5.62. The highest BCUT2D eigenvalue weighted by Gasteiger charge is 2.23. The average molecular weight is 418 g/mol. The predicted octanol–water partition coefficient (Wildman–Crippen LogP) is 4.36. The highest BCUT2D eigenvalue weighted by Crippen LogP contribution is 2.37. The number of fused-ring (bicyclic) bond motifs is 7. The van der Waals surface area contributed by atoms with Crippen LogP contribution in [-0.2, 0) is 13.1 Å². The molecular formula is C23H23FN6O. The smallest absolute Gasteiger partial charge is 0.166 e. The van der Waals surface area contributed by atoms with Gasteiger partial charge in [0.25, 0.3) is 0 Å². The van der Waals surface area contributed by atoms with Crippen molar-refractivity contribution in [2.24, 2.45) is 0 Å². The van der Waals surface area contributed by atoms with Gasteiger partial charge in [0.05, 0.1) is 29.8 Å². The summed E-state index contributed by atoms with van der Waals surface area (Å²) in [4.78, 5) is 4.35. The van der Waals surface area contributed by atoms with Gasteiger partial charge in [0.15, 0.2) is 11.6 Å². The van der Waals surface area contributed by atoms with E-state index in [1.54, 1.807) is 12.3 Å². The van der Waals surface area contributed by atoms with Crippen molar-refractivity contribution in [1.29, 1.82) is 0 Å². The monoisotopic (exact) mass is 418 g/mol. The van der Waals surface area contributed by atoms with Gasteiger partial charge in [-0.15, -0.1) is 0 Å². The third kappa shape index (κ3) is 3.24. The summed E-state index contributed by atoms with van der Waals surface area (Å²) in [6, 6.07) is 8.63. The van der Waals surface area contributed by atoms with E-state index in [0.29, 0.717) is 18.8 Å².